The van der Waals surface area contributed by atoms with Gasteiger partial charge in [-0.15, -0.1) is 5.10 Å². The minimum absolute atomic E-state index is 0.127. The first-order valence-corrected chi connectivity index (χ1v) is 12.1. The monoisotopic (exact) mass is 466 g/mol. The normalized spacial score (nSPS) is 16.6. The maximum Gasteiger partial charge on any atom is 0.309 e. The van der Waals surface area contributed by atoms with Crippen molar-refractivity contribution < 1.29 is 9.53 Å². The Morgan fingerprint density at radius 3 is 2.59 bits per heavy atom. The van der Waals surface area contributed by atoms with Crippen molar-refractivity contribution >= 4 is 16.9 Å². The van der Waals surface area contributed by atoms with E-state index in [1.807, 2.05) is 45.9 Å². The molecule has 0 saturated carbocycles. The number of benzene rings is 1. The van der Waals surface area contributed by atoms with E-state index in [-0.39, 0.29) is 23.0 Å². The second kappa shape index (κ2) is 9.66. The molecular weight excluding hydrogens is 432 g/mol. The first-order valence-electron chi connectivity index (χ1n) is 12.1. The molecular formula is C25H34N6O3. The highest BCUT2D eigenvalue weighted by molar-refractivity contribution is 5.80. The van der Waals surface area contributed by atoms with Crippen LogP contribution in [0.4, 0.5) is 0 Å². The molecule has 2 aromatic heterocycles. The van der Waals surface area contributed by atoms with E-state index in [1.54, 1.807) is 4.68 Å². The van der Waals surface area contributed by atoms with Gasteiger partial charge in [0.1, 0.15) is 6.04 Å². The van der Waals surface area contributed by atoms with Crippen molar-refractivity contribution in [3.05, 3.63) is 51.6 Å². The highest BCUT2D eigenvalue weighted by atomic mass is 16.5. The predicted molar refractivity (Wildman–Crippen MR) is 130 cm³/mol. The summed E-state index contributed by atoms with van der Waals surface area (Å²) in [7, 11) is 0. The third kappa shape index (κ3) is 4.75. The molecule has 182 valence electrons. The SMILES string of the molecule is CCOC(=O)C1CCN([C@H](c2cc3cc(CC)ccc3[nH]c2=O)c2nnnn2C(C)(C)C)CC1. The smallest absolute Gasteiger partial charge is 0.309 e. The molecule has 34 heavy (non-hydrogen) atoms. The summed E-state index contributed by atoms with van der Waals surface area (Å²) in [5, 5.41) is 13.6. The number of fused-ring (bicyclic) bond motifs is 1. The third-order valence-electron chi connectivity index (χ3n) is 6.53. The number of nitrogens with zero attached hydrogens (tertiary/aromatic N) is 5. The first kappa shape index (κ1) is 24.1. The topological polar surface area (TPSA) is 106 Å². The van der Waals surface area contributed by atoms with Crippen LogP contribution in [0.2, 0.25) is 0 Å². The van der Waals surface area contributed by atoms with Crippen molar-refractivity contribution in [3.8, 4) is 0 Å². The number of pyridine rings is 1. The Morgan fingerprint density at radius 2 is 1.94 bits per heavy atom. The molecule has 0 aliphatic carbocycles. The number of hydrogen-bond acceptors (Lipinski definition) is 7. The van der Waals surface area contributed by atoms with E-state index in [0.717, 1.165) is 17.3 Å². The summed E-state index contributed by atoms with van der Waals surface area (Å²) in [6, 6.07) is 7.65. The number of hydrogen-bond donors (Lipinski definition) is 1. The van der Waals surface area contributed by atoms with Crippen LogP contribution in [0.25, 0.3) is 10.9 Å². The Labute approximate surface area is 199 Å². The summed E-state index contributed by atoms with van der Waals surface area (Å²) >= 11 is 0. The molecule has 0 radical (unpaired) electrons. The van der Waals surface area contributed by atoms with Gasteiger partial charge in [0.05, 0.1) is 18.1 Å². The molecule has 0 unspecified atom stereocenters. The number of aromatic amines is 1. The number of carbonyl (C=O) groups is 1. The molecule has 1 saturated heterocycles. The number of nitrogens with one attached hydrogen (secondary N) is 1. The van der Waals surface area contributed by atoms with Crippen LogP contribution >= 0.6 is 0 Å². The standard InChI is InChI=1S/C25H34N6O3/c1-6-16-8-9-20-18(14-16)15-19(23(32)26-20)21(22-27-28-29-31(22)25(3,4)5)30-12-10-17(11-13-30)24(33)34-7-2/h8-9,14-15,17,21H,6-7,10-13H2,1-5H3,(H,26,32)/t21-/m1/s1. The van der Waals surface area contributed by atoms with Gasteiger partial charge in [0.25, 0.3) is 5.56 Å². The van der Waals surface area contributed by atoms with Crippen molar-refractivity contribution in [3.63, 3.8) is 0 Å². The minimum Gasteiger partial charge on any atom is -0.466 e. The van der Waals surface area contributed by atoms with Crippen LogP contribution in [0.15, 0.2) is 29.1 Å². The molecule has 9 nitrogen and oxygen atoms in total. The Balaban J connectivity index is 1.79. The van der Waals surface area contributed by atoms with Crippen molar-refractivity contribution in [2.75, 3.05) is 19.7 Å². The molecule has 1 aliphatic heterocycles. The van der Waals surface area contributed by atoms with Gasteiger partial charge in [-0.05, 0) is 86.5 Å². The largest absolute Gasteiger partial charge is 0.466 e. The molecule has 1 N–H and O–H groups in total. The maximum atomic E-state index is 13.4. The number of likely N-dealkylation sites (tertiary alicyclic amines) is 1. The van der Waals surface area contributed by atoms with Gasteiger partial charge in [0.2, 0.25) is 0 Å². The van der Waals surface area contributed by atoms with Gasteiger partial charge in [0, 0.05) is 24.2 Å². The van der Waals surface area contributed by atoms with Crippen LogP contribution < -0.4 is 5.56 Å². The van der Waals surface area contributed by atoms with Crippen LogP contribution in [0.3, 0.4) is 0 Å². The fraction of sp³-hybridized carbons (Fsp3) is 0.560. The number of H-pyrrole nitrogens is 1. The van der Waals surface area contributed by atoms with Gasteiger partial charge in [-0.2, -0.15) is 0 Å². The number of rotatable bonds is 6. The molecule has 9 heteroatoms. The average molecular weight is 467 g/mol. The zero-order chi connectivity index (χ0) is 24.5. The highest BCUT2D eigenvalue weighted by Gasteiger charge is 2.36. The van der Waals surface area contributed by atoms with E-state index in [2.05, 4.69) is 38.4 Å². The summed E-state index contributed by atoms with van der Waals surface area (Å²) in [5.74, 6) is 0.352. The van der Waals surface area contributed by atoms with E-state index >= 15 is 0 Å². The number of aromatic nitrogens is 5. The number of ether oxygens (including phenoxy) is 1. The van der Waals surface area contributed by atoms with Crippen LogP contribution in [-0.4, -0.2) is 55.8 Å². The van der Waals surface area contributed by atoms with Gasteiger partial charge in [-0.1, -0.05) is 13.0 Å². The Bertz CT molecular complexity index is 1220. The Morgan fingerprint density at radius 1 is 1.21 bits per heavy atom. The van der Waals surface area contributed by atoms with Gasteiger partial charge >= 0.3 is 5.97 Å². The minimum atomic E-state index is -0.434. The Kier molecular flexibility index (Phi) is 6.84. The summed E-state index contributed by atoms with van der Waals surface area (Å²) in [6.07, 6.45) is 2.24. The van der Waals surface area contributed by atoms with Crippen LogP contribution in [-0.2, 0) is 21.5 Å². The van der Waals surface area contributed by atoms with Crippen molar-refractivity contribution in [1.82, 2.24) is 30.1 Å². The van der Waals surface area contributed by atoms with E-state index in [1.165, 1.54) is 5.56 Å². The van der Waals surface area contributed by atoms with Crippen molar-refractivity contribution in [1.29, 1.82) is 0 Å². The first-order chi connectivity index (χ1) is 16.2. The summed E-state index contributed by atoms with van der Waals surface area (Å²) in [5.41, 5.74) is 2.10. The molecule has 1 atom stereocenters. The van der Waals surface area contributed by atoms with Crippen LogP contribution in [0.5, 0.6) is 0 Å². The lowest BCUT2D eigenvalue weighted by Gasteiger charge is -2.37. The van der Waals surface area contributed by atoms with Crippen LogP contribution in [0.1, 0.15) is 70.5 Å². The summed E-state index contributed by atoms with van der Waals surface area (Å²) < 4.78 is 7.03. The number of piperidine rings is 1. The van der Waals surface area contributed by atoms with E-state index < -0.39 is 6.04 Å². The fourth-order valence-corrected chi connectivity index (χ4v) is 4.69. The average Bonchev–Trinajstić information content (AvgIpc) is 3.30. The molecule has 1 aromatic carbocycles. The lowest BCUT2D eigenvalue weighted by molar-refractivity contribution is -0.149. The number of aryl methyl sites for hydroxylation is 1. The predicted octanol–water partition coefficient (Wildman–Crippen LogP) is 3.20. The molecule has 0 amide bonds. The third-order valence-corrected chi connectivity index (χ3v) is 6.53. The molecule has 3 heterocycles. The van der Waals surface area contributed by atoms with E-state index in [9.17, 15) is 9.59 Å². The summed E-state index contributed by atoms with van der Waals surface area (Å²) in [6.45, 7) is 11.7. The molecule has 0 bridgehead atoms. The van der Waals surface area contributed by atoms with Gasteiger partial charge < -0.3 is 9.72 Å². The maximum absolute atomic E-state index is 13.4. The lowest BCUT2D eigenvalue weighted by Crippen LogP contribution is -2.43. The lowest BCUT2D eigenvalue weighted by atomic mass is 9.93. The molecule has 0 spiro atoms. The zero-order valence-corrected chi connectivity index (χ0v) is 20.7. The van der Waals surface area contributed by atoms with Crippen molar-refractivity contribution in [2.45, 2.75) is 65.5 Å². The number of carbonyl (C=O) groups excluding carboxylic acids is 1. The number of tetrazole rings is 1. The van der Waals surface area contributed by atoms with E-state index in [0.29, 0.717) is 43.9 Å². The van der Waals surface area contributed by atoms with Gasteiger partial charge in [0.15, 0.2) is 5.82 Å². The summed E-state index contributed by atoms with van der Waals surface area (Å²) in [4.78, 5) is 30.9. The van der Waals surface area contributed by atoms with Crippen LogP contribution in [0, 0.1) is 5.92 Å². The zero-order valence-electron chi connectivity index (χ0n) is 20.7. The van der Waals surface area contributed by atoms with Gasteiger partial charge in [-0.3, -0.25) is 14.5 Å². The van der Waals surface area contributed by atoms with Crippen molar-refractivity contribution in [2.24, 2.45) is 5.92 Å². The molecule has 1 aliphatic rings. The highest BCUT2D eigenvalue weighted by Crippen LogP contribution is 2.33. The molecule has 3 aromatic rings. The fourth-order valence-electron chi connectivity index (χ4n) is 4.69. The van der Waals surface area contributed by atoms with E-state index in [4.69, 9.17) is 4.74 Å². The quantitative estimate of drug-likeness (QED) is 0.556. The molecule has 4 rings (SSSR count). The molecule has 1 fully saturated rings. The Hall–Kier alpha value is -3.07. The second-order valence-corrected chi connectivity index (χ2v) is 9.91. The second-order valence-electron chi connectivity index (χ2n) is 9.91. The van der Waals surface area contributed by atoms with Gasteiger partial charge in [-0.25, -0.2) is 4.68 Å². The number of esters is 1.